The van der Waals surface area contributed by atoms with Gasteiger partial charge in [0.1, 0.15) is 0 Å². The van der Waals surface area contributed by atoms with Crippen molar-refractivity contribution in [1.82, 2.24) is 4.57 Å². The molecule has 20 heavy (non-hydrogen) atoms. The number of benzene rings is 1. The van der Waals surface area contributed by atoms with Gasteiger partial charge in [0.25, 0.3) is 0 Å². The molecule has 102 valence electrons. The van der Waals surface area contributed by atoms with Crippen LogP contribution in [0.4, 0.5) is 5.69 Å². The normalized spacial score (nSPS) is 13.7. The maximum absolute atomic E-state index is 11.9. The van der Waals surface area contributed by atoms with E-state index in [1.807, 2.05) is 42.1 Å². The van der Waals surface area contributed by atoms with Gasteiger partial charge in [-0.15, -0.1) is 0 Å². The summed E-state index contributed by atoms with van der Waals surface area (Å²) in [5.41, 5.74) is 4.68. The summed E-state index contributed by atoms with van der Waals surface area (Å²) in [4.78, 5) is 11.9. The van der Waals surface area contributed by atoms with Gasteiger partial charge in [-0.05, 0) is 60.7 Å². The minimum atomic E-state index is -0.0934. The van der Waals surface area contributed by atoms with Crippen LogP contribution in [0.5, 0.6) is 0 Å². The van der Waals surface area contributed by atoms with Crippen molar-refractivity contribution >= 4 is 17.7 Å². The summed E-state index contributed by atoms with van der Waals surface area (Å²) >= 11 is 0. The second-order valence-corrected chi connectivity index (χ2v) is 5.20. The van der Waals surface area contributed by atoms with Crippen molar-refractivity contribution in [2.45, 2.75) is 19.3 Å². The topological polar surface area (TPSA) is 34.0 Å². The van der Waals surface area contributed by atoms with Gasteiger partial charge in [-0.3, -0.25) is 4.79 Å². The predicted molar refractivity (Wildman–Crippen MR) is 81.5 cm³/mol. The molecule has 1 aliphatic carbocycles. The van der Waals surface area contributed by atoms with E-state index in [-0.39, 0.29) is 5.91 Å². The van der Waals surface area contributed by atoms with Gasteiger partial charge in [0.2, 0.25) is 5.91 Å². The fourth-order valence-electron chi connectivity index (χ4n) is 2.64. The second-order valence-electron chi connectivity index (χ2n) is 5.20. The van der Waals surface area contributed by atoms with Crippen LogP contribution in [0, 0.1) is 0 Å². The first kappa shape index (κ1) is 12.7. The Morgan fingerprint density at radius 2 is 2.10 bits per heavy atom. The molecule has 1 aromatic carbocycles. The van der Waals surface area contributed by atoms with E-state index < -0.39 is 0 Å². The summed E-state index contributed by atoms with van der Waals surface area (Å²) in [6.45, 7) is 0. The lowest BCUT2D eigenvalue weighted by Crippen LogP contribution is -2.08. The van der Waals surface area contributed by atoms with E-state index in [2.05, 4.69) is 17.4 Å². The lowest BCUT2D eigenvalue weighted by atomic mass is 10.1. The van der Waals surface area contributed by atoms with E-state index in [1.54, 1.807) is 6.08 Å². The lowest BCUT2D eigenvalue weighted by molar-refractivity contribution is -0.111. The van der Waals surface area contributed by atoms with Crippen LogP contribution >= 0.6 is 0 Å². The number of fused-ring (bicyclic) bond motifs is 1. The standard InChI is InChI=1S/C17H18N2O/c1-19-11-3-6-16(19)9-10-17(20)18-15-8-7-13-4-2-5-14(13)12-15/h3,6-12H,2,4-5H2,1H3,(H,18,20)/b10-9+. The molecule has 3 heteroatoms. The predicted octanol–water partition coefficient (Wildman–Crippen LogP) is 3.17. The third kappa shape index (κ3) is 2.67. The second kappa shape index (κ2) is 5.37. The highest BCUT2D eigenvalue weighted by molar-refractivity contribution is 6.01. The quantitative estimate of drug-likeness (QED) is 0.851. The first-order valence-corrected chi connectivity index (χ1v) is 6.94. The number of amides is 1. The van der Waals surface area contributed by atoms with Crippen molar-refractivity contribution in [3.05, 3.63) is 59.4 Å². The zero-order chi connectivity index (χ0) is 13.9. The van der Waals surface area contributed by atoms with Crippen LogP contribution in [-0.2, 0) is 24.7 Å². The molecule has 3 nitrogen and oxygen atoms in total. The van der Waals surface area contributed by atoms with Crippen LogP contribution in [0.25, 0.3) is 6.08 Å². The number of aromatic nitrogens is 1. The smallest absolute Gasteiger partial charge is 0.248 e. The van der Waals surface area contributed by atoms with Gasteiger partial charge in [-0.2, -0.15) is 0 Å². The Morgan fingerprint density at radius 3 is 2.90 bits per heavy atom. The van der Waals surface area contributed by atoms with Crippen LogP contribution in [0.3, 0.4) is 0 Å². The Bertz CT molecular complexity index is 667. The van der Waals surface area contributed by atoms with Gasteiger partial charge >= 0.3 is 0 Å². The molecule has 1 amide bonds. The van der Waals surface area contributed by atoms with Gasteiger partial charge < -0.3 is 9.88 Å². The highest BCUT2D eigenvalue weighted by Gasteiger charge is 2.11. The number of anilines is 1. The van der Waals surface area contributed by atoms with Crippen molar-refractivity contribution in [2.24, 2.45) is 7.05 Å². The van der Waals surface area contributed by atoms with Crippen molar-refractivity contribution in [3.8, 4) is 0 Å². The molecule has 1 aliphatic rings. The van der Waals surface area contributed by atoms with Crippen molar-refractivity contribution in [3.63, 3.8) is 0 Å². The zero-order valence-corrected chi connectivity index (χ0v) is 11.6. The molecule has 1 N–H and O–H groups in total. The molecule has 0 saturated carbocycles. The van der Waals surface area contributed by atoms with E-state index in [0.717, 1.165) is 24.2 Å². The molecular weight excluding hydrogens is 248 g/mol. The molecule has 0 fully saturated rings. The summed E-state index contributed by atoms with van der Waals surface area (Å²) in [7, 11) is 1.96. The third-order valence-corrected chi connectivity index (χ3v) is 3.76. The van der Waals surface area contributed by atoms with E-state index >= 15 is 0 Å². The Hall–Kier alpha value is -2.29. The van der Waals surface area contributed by atoms with Crippen molar-refractivity contribution < 1.29 is 4.79 Å². The summed E-state index contributed by atoms with van der Waals surface area (Å²) < 4.78 is 1.97. The molecule has 0 spiro atoms. The van der Waals surface area contributed by atoms with Gasteiger partial charge in [-0.25, -0.2) is 0 Å². The number of nitrogens with one attached hydrogen (secondary N) is 1. The van der Waals surface area contributed by atoms with Gasteiger partial charge in [0.05, 0.1) is 0 Å². The van der Waals surface area contributed by atoms with Gasteiger partial charge in [0, 0.05) is 30.7 Å². The highest BCUT2D eigenvalue weighted by atomic mass is 16.1. The van der Waals surface area contributed by atoms with Crippen LogP contribution in [0.15, 0.2) is 42.6 Å². The number of carbonyl (C=O) groups excluding carboxylic acids is 1. The van der Waals surface area contributed by atoms with E-state index in [4.69, 9.17) is 0 Å². The van der Waals surface area contributed by atoms with Crippen LogP contribution in [0.2, 0.25) is 0 Å². The monoisotopic (exact) mass is 266 g/mol. The molecule has 3 rings (SSSR count). The van der Waals surface area contributed by atoms with Gasteiger partial charge in [0.15, 0.2) is 0 Å². The summed E-state index contributed by atoms with van der Waals surface area (Å²) in [5, 5.41) is 2.92. The Balaban J connectivity index is 1.67. The van der Waals surface area contributed by atoms with E-state index in [9.17, 15) is 4.79 Å². The van der Waals surface area contributed by atoms with E-state index in [0.29, 0.717) is 0 Å². The maximum Gasteiger partial charge on any atom is 0.248 e. The first-order chi connectivity index (χ1) is 9.72. The zero-order valence-electron chi connectivity index (χ0n) is 11.6. The van der Waals surface area contributed by atoms with Crippen LogP contribution in [0.1, 0.15) is 23.2 Å². The summed E-state index contributed by atoms with van der Waals surface area (Å²) in [5.74, 6) is -0.0934. The van der Waals surface area contributed by atoms with Crippen molar-refractivity contribution in [2.75, 3.05) is 5.32 Å². The van der Waals surface area contributed by atoms with Crippen LogP contribution in [-0.4, -0.2) is 10.5 Å². The fourth-order valence-corrected chi connectivity index (χ4v) is 2.64. The molecule has 1 heterocycles. The number of aryl methyl sites for hydroxylation is 3. The molecule has 1 aromatic heterocycles. The number of hydrogen-bond acceptors (Lipinski definition) is 1. The number of hydrogen-bond donors (Lipinski definition) is 1. The number of carbonyl (C=O) groups is 1. The fraction of sp³-hybridized carbons (Fsp3) is 0.235. The summed E-state index contributed by atoms with van der Waals surface area (Å²) in [6, 6.07) is 10.1. The minimum Gasteiger partial charge on any atom is -0.351 e. The molecule has 0 radical (unpaired) electrons. The molecule has 0 saturated heterocycles. The Labute approximate surface area is 118 Å². The van der Waals surface area contributed by atoms with Gasteiger partial charge in [-0.1, -0.05) is 6.07 Å². The average molecular weight is 266 g/mol. The molecule has 0 atom stereocenters. The molecule has 2 aromatic rings. The highest BCUT2D eigenvalue weighted by Crippen LogP contribution is 2.24. The molecule has 0 bridgehead atoms. The van der Waals surface area contributed by atoms with E-state index in [1.165, 1.54) is 17.5 Å². The third-order valence-electron chi connectivity index (χ3n) is 3.76. The maximum atomic E-state index is 11.9. The number of rotatable bonds is 3. The SMILES string of the molecule is Cn1cccc1/C=C/C(=O)Nc1ccc2c(c1)CCC2. The average Bonchev–Trinajstić information content (AvgIpc) is 3.04. The largest absolute Gasteiger partial charge is 0.351 e. The molecule has 0 unspecified atom stereocenters. The lowest BCUT2D eigenvalue weighted by Gasteiger charge is -2.05. The molecular formula is C17H18N2O. The number of nitrogens with zero attached hydrogens (tertiary/aromatic N) is 1. The van der Waals surface area contributed by atoms with Crippen molar-refractivity contribution in [1.29, 1.82) is 0 Å². The Morgan fingerprint density at radius 1 is 1.25 bits per heavy atom. The minimum absolute atomic E-state index is 0.0934. The first-order valence-electron chi connectivity index (χ1n) is 6.94. The summed E-state index contributed by atoms with van der Waals surface area (Å²) in [6.07, 6.45) is 8.86. The molecule has 0 aliphatic heterocycles. The van der Waals surface area contributed by atoms with Crippen LogP contribution < -0.4 is 5.32 Å². The Kier molecular flexibility index (Phi) is 3.42.